The van der Waals surface area contributed by atoms with E-state index in [-0.39, 0.29) is 24.4 Å². The maximum atomic E-state index is 13.3. The summed E-state index contributed by atoms with van der Waals surface area (Å²) < 4.78 is 38.5. The Morgan fingerprint density at radius 2 is 1.84 bits per heavy atom. The Morgan fingerprint density at radius 3 is 2.53 bits per heavy atom. The van der Waals surface area contributed by atoms with E-state index in [1.807, 2.05) is 36.1 Å². The van der Waals surface area contributed by atoms with Crippen molar-refractivity contribution in [3.8, 4) is 0 Å². The van der Waals surface area contributed by atoms with Crippen LogP contribution in [0.25, 0.3) is 6.08 Å². The van der Waals surface area contributed by atoms with Crippen LogP contribution in [0, 0.1) is 0 Å². The van der Waals surface area contributed by atoms with Crippen LogP contribution in [-0.2, 0) is 15.8 Å². The van der Waals surface area contributed by atoms with Gasteiger partial charge < -0.3 is 4.90 Å². The predicted molar refractivity (Wildman–Crippen MR) is 119 cm³/mol. The number of anilines is 1. The van der Waals surface area contributed by atoms with Crippen LogP contribution in [0.4, 0.5) is 18.9 Å². The first-order chi connectivity index (χ1) is 15.2. The Labute approximate surface area is 189 Å². The molecule has 0 radical (unpaired) electrons. The summed E-state index contributed by atoms with van der Waals surface area (Å²) in [5.41, 5.74) is 0.421. The van der Waals surface area contributed by atoms with Crippen LogP contribution in [0.1, 0.15) is 37.3 Å². The van der Waals surface area contributed by atoms with E-state index in [9.17, 15) is 22.8 Å². The second kappa shape index (κ2) is 9.02. The molecule has 0 saturated carbocycles. The number of hydrogen-bond donors (Lipinski definition) is 0. The van der Waals surface area contributed by atoms with Gasteiger partial charge in [-0.05, 0) is 62.1 Å². The fraction of sp³-hybridized carbons (Fsp3) is 0.333. The first-order valence-corrected chi connectivity index (χ1v) is 11.3. The molecule has 2 heterocycles. The molecule has 0 N–H and O–H groups in total. The molecule has 2 aromatic carbocycles. The van der Waals surface area contributed by atoms with E-state index in [0.717, 1.165) is 36.3 Å². The summed E-state index contributed by atoms with van der Waals surface area (Å²) in [6.07, 6.45) is 0.153. The van der Waals surface area contributed by atoms with Gasteiger partial charge in [-0.15, -0.1) is 0 Å². The molecule has 2 aliphatic heterocycles. The highest BCUT2D eigenvalue weighted by Crippen LogP contribution is 2.42. The fourth-order valence-corrected chi connectivity index (χ4v) is 5.09. The van der Waals surface area contributed by atoms with Crippen LogP contribution in [-0.4, -0.2) is 35.8 Å². The van der Waals surface area contributed by atoms with Crippen LogP contribution in [0.2, 0.25) is 0 Å². The average molecular weight is 461 g/mol. The quantitative estimate of drug-likeness (QED) is 0.561. The standard InChI is InChI=1S/C24H23F3N2O2S/c1-16-6-4-5-13-28(16)22(30)15-29-19-7-2-3-8-20(19)32-21(23(29)31)14-17-9-11-18(12-10-17)24(25,26)27/h2-3,7-12,14,16H,4-6,13,15H2,1H3/b21-14-/t16-/m0/s1. The van der Waals surface area contributed by atoms with Crippen molar-refractivity contribution in [2.75, 3.05) is 18.0 Å². The largest absolute Gasteiger partial charge is 0.416 e. The number of para-hydroxylation sites is 1. The summed E-state index contributed by atoms with van der Waals surface area (Å²) in [4.78, 5) is 30.8. The summed E-state index contributed by atoms with van der Waals surface area (Å²) in [5, 5.41) is 0. The molecular formula is C24H23F3N2O2S. The number of hydrogen-bond acceptors (Lipinski definition) is 3. The van der Waals surface area contributed by atoms with Gasteiger partial charge in [-0.2, -0.15) is 13.2 Å². The molecule has 0 spiro atoms. The normalized spacial score (nSPS) is 20.4. The van der Waals surface area contributed by atoms with E-state index in [0.29, 0.717) is 22.7 Å². The van der Waals surface area contributed by atoms with Gasteiger partial charge in [0.1, 0.15) is 6.54 Å². The third-order valence-electron chi connectivity index (χ3n) is 5.78. The lowest BCUT2D eigenvalue weighted by molar-refractivity contribution is -0.137. The van der Waals surface area contributed by atoms with Crippen LogP contribution in [0.3, 0.4) is 0 Å². The molecule has 0 aromatic heterocycles. The summed E-state index contributed by atoms with van der Waals surface area (Å²) in [6, 6.07) is 12.2. The lowest BCUT2D eigenvalue weighted by Crippen LogP contribution is -2.49. The number of nitrogens with zero attached hydrogens (tertiary/aromatic N) is 2. The van der Waals surface area contributed by atoms with Gasteiger partial charge in [0.05, 0.1) is 16.2 Å². The Bertz CT molecular complexity index is 1050. The van der Waals surface area contributed by atoms with E-state index in [4.69, 9.17) is 0 Å². The summed E-state index contributed by atoms with van der Waals surface area (Å²) in [7, 11) is 0. The van der Waals surface area contributed by atoms with Gasteiger partial charge in [0, 0.05) is 17.5 Å². The number of carbonyl (C=O) groups is 2. The molecule has 2 aliphatic rings. The maximum absolute atomic E-state index is 13.3. The van der Waals surface area contributed by atoms with E-state index in [1.165, 1.54) is 28.8 Å². The highest BCUT2D eigenvalue weighted by Gasteiger charge is 2.33. The summed E-state index contributed by atoms with van der Waals surface area (Å²) in [6.45, 7) is 2.65. The van der Waals surface area contributed by atoms with Crippen molar-refractivity contribution in [2.45, 2.75) is 43.3 Å². The summed E-state index contributed by atoms with van der Waals surface area (Å²) >= 11 is 1.26. The molecule has 1 fully saturated rings. The number of carbonyl (C=O) groups excluding carboxylic acids is 2. The Balaban J connectivity index is 1.62. The molecule has 8 heteroatoms. The SMILES string of the molecule is C[C@H]1CCCCN1C(=O)CN1C(=O)/C(=C/c2ccc(C(F)(F)F)cc2)Sc2ccccc21. The minimum absolute atomic E-state index is 0.0644. The number of alkyl halides is 3. The molecule has 0 bridgehead atoms. The van der Waals surface area contributed by atoms with Gasteiger partial charge in [0.25, 0.3) is 5.91 Å². The zero-order valence-corrected chi connectivity index (χ0v) is 18.4. The van der Waals surface area contributed by atoms with E-state index in [1.54, 1.807) is 6.08 Å². The molecule has 2 aromatic rings. The zero-order valence-electron chi connectivity index (χ0n) is 17.6. The topological polar surface area (TPSA) is 40.6 Å². The second-order valence-corrected chi connectivity index (χ2v) is 9.11. The Hall–Kier alpha value is -2.74. The van der Waals surface area contributed by atoms with Crippen molar-refractivity contribution in [1.29, 1.82) is 0 Å². The molecule has 32 heavy (non-hydrogen) atoms. The zero-order chi connectivity index (χ0) is 22.9. The average Bonchev–Trinajstić information content (AvgIpc) is 2.76. The Kier molecular flexibility index (Phi) is 6.33. The van der Waals surface area contributed by atoms with Gasteiger partial charge in [-0.3, -0.25) is 14.5 Å². The number of amides is 2. The monoisotopic (exact) mass is 460 g/mol. The minimum Gasteiger partial charge on any atom is -0.338 e. The van der Waals surface area contributed by atoms with Gasteiger partial charge in [0.15, 0.2) is 0 Å². The van der Waals surface area contributed by atoms with Crippen molar-refractivity contribution in [1.82, 2.24) is 4.90 Å². The van der Waals surface area contributed by atoms with Crippen molar-refractivity contribution in [3.05, 3.63) is 64.6 Å². The van der Waals surface area contributed by atoms with Gasteiger partial charge in [0.2, 0.25) is 5.91 Å². The van der Waals surface area contributed by atoms with Crippen LogP contribution in [0.5, 0.6) is 0 Å². The number of piperidine rings is 1. The number of likely N-dealkylation sites (tertiary alicyclic amines) is 1. The molecule has 4 rings (SSSR count). The lowest BCUT2D eigenvalue weighted by atomic mass is 10.0. The Morgan fingerprint density at radius 1 is 1.12 bits per heavy atom. The third kappa shape index (κ3) is 4.70. The molecule has 1 atom stereocenters. The first-order valence-electron chi connectivity index (χ1n) is 10.5. The molecule has 0 aliphatic carbocycles. The van der Waals surface area contributed by atoms with Crippen molar-refractivity contribution in [2.24, 2.45) is 0 Å². The lowest BCUT2D eigenvalue weighted by Gasteiger charge is -2.36. The molecule has 0 unspecified atom stereocenters. The number of thioether (sulfide) groups is 1. The van der Waals surface area contributed by atoms with E-state index in [2.05, 4.69) is 0 Å². The number of rotatable bonds is 3. The number of halogens is 3. The van der Waals surface area contributed by atoms with Gasteiger partial charge >= 0.3 is 6.18 Å². The van der Waals surface area contributed by atoms with Crippen molar-refractivity contribution < 1.29 is 22.8 Å². The van der Waals surface area contributed by atoms with Gasteiger partial charge in [-0.1, -0.05) is 36.0 Å². The highest BCUT2D eigenvalue weighted by atomic mass is 32.2. The second-order valence-electron chi connectivity index (χ2n) is 8.02. The number of benzene rings is 2. The fourth-order valence-electron chi connectivity index (χ4n) is 4.03. The molecule has 4 nitrogen and oxygen atoms in total. The van der Waals surface area contributed by atoms with Gasteiger partial charge in [-0.25, -0.2) is 0 Å². The van der Waals surface area contributed by atoms with E-state index >= 15 is 0 Å². The third-order valence-corrected chi connectivity index (χ3v) is 6.86. The highest BCUT2D eigenvalue weighted by molar-refractivity contribution is 8.04. The summed E-state index contributed by atoms with van der Waals surface area (Å²) in [5.74, 6) is -0.423. The molecule has 1 saturated heterocycles. The molecular weight excluding hydrogens is 437 g/mol. The van der Waals surface area contributed by atoms with E-state index < -0.39 is 11.7 Å². The van der Waals surface area contributed by atoms with Crippen LogP contribution < -0.4 is 4.90 Å². The van der Waals surface area contributed by atoms with Crippen molar-refractivity contribution >= 4 is 35.3 Å². The molecule has 2 amide bonds. The van der Waals surface area contributed by atoms with Crippen molar-refractivity contribution in [3.63, 3.8) is 0 Å². The minimum atomic E-state index is -4.41. The maximum Gasteiger partial charge on any atom is 0.416 e. The smallest absolute Gasteiger partial charge is 0.338 e. The number of fused-ring (bicyclic) bond motifs is 1. The first kappa shape index (κ1) is 22.5. The molecule has 168 valence electrons. The predicted octanol–water partition coefficient (Wildman–Crippen LogP) is 5.59. The van der Waals surface area contributed by atoms with Crippen LogP contribution >= 0.6 is 11.8 Å². The van der Waals surface area contributed by atoms with Crippen LogP contribution in [0.15, 0.2) is 58.3 Å².